The molecule has 0 aliphatic rings. The smallest absolute Gasteiger partial charge is 0.332 e. The topological polar surface area (TPSA) is 232 Å². The number of carbonyl (C=O) groups is 3. The molecule has 0 fully saturated rings. The number of primary amides is 2. The number of rotatable bonds is 16. The Morgan fingerprint density at radius 2 is 1.32 bits per heavy atom. The number of carbonyl (C=O) groups excluding carboxylic acids is 3. The fourth-order valence-corrected chi connectivity index (χ4v) is 3.41. The van der Waals surface area contributed by atoms with Crippen molar-refractivity contribution in [2.24, 2.45) is 11.5 Å². The number of nitrogens with one attached hydrogen (secondary N) is 2. The van der Waals surface area contributed by atoms with Crippen molar-refractivity contribution in [3.05, 3.63) is 67.8 Å². The summed E-state index contributed by atoms with van der Waals surface area (Å²) in [6.07, 6.45) is 0.0316. The molecular formula is C23H28N6O9. The Hall–Kier alpha value is -4.79. The minimum Gasteiger partial charge on any atom is -0.464 e. The summed E-state index contributed by atoms with van der Waals surface area (Å²) in [5.41, 5.74) is 10.00. The average molecular weight is 533 g/mol. The van der Waals surface area contributed by atoms with Crippen LogP contribution < -0.4 is 22.1 Å². The first-order chi connectivity index (χ1) is 18.0. The molecule has 0 saturated heterocycles. The van der Waals surface area contributed by atoms with Crippen LogP contribution in [0.5, 0.6) is 0 Å². The van der Waals surface area contributed by atoms with Gasteiger partial charge in [-0.05, 0) is 44.0 Å². The van der Waals surface area contributed by atoms with E-state index in [1.807, 2.05) is 0 Å². The van der Waals surface area contributed by atoms with Gasteiger partial charge in [0.2, 0.25) is 11.8 Å². The third kappa shape index (κ3) is 8.70. The zero-order chi connectivity index (χ0) is 28.2. The van der Waals surface area contributed by atoms with E-state index in [0.29, 0.717) is 12.8 Å². The molecule has 2 amide bonds. The van der Waals surface area contributed by atoms with Gasteiger partial charge >= 0.3 is 5.97 Å². The number of nitro benzene ring substituents is 2. The number of nitrogens with two attached hydrogens (primary N) is 2. The van der Waals surface area contributed by atoms with Crippen molar-refractivity contribution in [3.63, 3.8) is 0 Å². The van der Waals surface area contributed by atoms with Crippen molar-refractivity contribution in [2.75, 3.05) is 36.9 Å². The van der Waals surface area contributed by atoms with Gasteiger partial charge in [-0.15, -0.1) is 0 Å². The van der Waals surface area contributed by atoms with Crippen molar-refractivity contribution >= 4 is 40.5 Å². The Bertz CT molecular complexity index is 1120. The molecule has 204 valence electrons. The molecule has 38 heavy (non-hydrogen) atoms. The standard InChI is InChI=1S/C23H28N6O9/c1-2-37-21(30)13-38-16(7-9-26-17-5-3-14(22(24)31)11-19(17)28(33)34)8-10-27-18-6-4-15(23(25)32)12-20(18)29(35)36/h3-6,11-12,16,26-27H,2,7-10,13H2,1H3,(H2,24,31)(H2,25,32). The summed E-state index contributed by atoms with van der Waals surface area (Å²) in [6, 6.07) is 7.57. The maximum atomic E-state index is 11.7. The fourth-order valence-electron chi connectivity index (χ4n) is 3.41. The Morgan fingerprint density at radius 3 is 1.68 bits per heavy atom. The van der Waals surface area contributed by atoms with Gasteiger partial charge in [-0.2, -0.15) is 0 Å². The predicted octanol–water partition coefficient (Wildman–Crippen LogP) is 1.95. The highest BCUT2D eigenvalue weighted by Crippen LogP contribution is 2.27. The average Bonchev–Trinajstić information content (AvgIpc) is 2.86. The van der Waals surface area contributed by atoms with E-state index in [2.05, 4.69) is 10.6 Å². The number of nitro groups is 2. The first-order valence-corrected chi connectivity index (χ1v) is 11.4. The van der Waals surface area contributed by atoms with Gasteiger partial charge in [-0.3, -0.25) is 29.8 Å². The van der Waals surface area contributed by atoms with Gasteiger partial charge in [0, 0.05) is 36.3 Å². The van der Waals surface area contributed by atoms with E-state index < -0.39 is 33.7 Å². The van der Waals surface area contributed by atoms with E-state index in [1.165, 1.54) is 24.3 Å². The summed E-state index contributed by atoms with van der Waals surface area (Å²) < 4.78 is 10.5. The number of anilines is 2. The second-order valence-corrected chi connectivity index (χ2v) is 7.88. The highest BCUT2D eigenvalue weighted by Gasteiger charge is 2.19. The SMILES string of the molecule is CCOC(=O)COC(CCNc1ccc(C(N)=O)cc1[N+](=O)[O-])CCNc1ccc(C(N)=O)cc1[N+](=O)[O-]. The molecule has 0 aliphatic carbocycles. The summed E-state index contributed by atoms with van der Waals surface area (Å²) in [7, 11) is 0. The first-order valence-electron chi connectivity index (χ1n) is 11.4. The number of benzene rings is 2. The normalized spacial score (nSPS) is 10.6. The van der Waals surface area contributed by atoms with Crippen LogP contribution in [0.1, 0.15) is 40.5 Å². The van der Waals surface area contributed by atoms with Crippen LogP contribution >= 0.6 is 0 Å². The van der Waals surface area contributed by atoms with Crippen molar-refractivity contribution in [2.45, 2.75) is 25.9 Å². The van der Waals surface area contributed by atoms with Crippen molar-refractivity contribution < 1.29 is 33.7 Å². The lowest BCUT2D eigenvalue weighted by molar-refractivity contribution is -0.384. The summed E-state index contributed by atoms with van der Waals surface area (Å²) >= 11 is 0. The van der Waals surface area contributed by atoms with Gasteiger partial charge in [0.25, 0.3) is 11.4 Å². The Balaban J connectivity index is 2.07. The third-order valence-electron chi connectivity index (χ3n) is 5.26. The maximum absolute atomic E-state index is 11.7. The maximum Gasteiger partial charge on any atom is 0.332 e. The Labute approximate surface area is 216 Å². The molecule has 0 radical (unpaired) electrons. The van der Waals surface area contributed by atoms with Crippen molar-refractivity contribution in [1.82, 2.24) is 0 Å². The van der Waals surface area contributed by atoms with E-state index >= 15 is 0 Å². The molecular weight excluding hydrogens is 504 g/mol. The molecule has 0 saturated carbocycles. The van der Waals surface area contributed by atoms with Crippen LogP contribution in [-0.4, -0.2) is 60.0 Å². The number of hydrogen-bond donors (Lipinski definition) is 4. The Kier molecular flexibility index (Phi) is 10.9. The van der Waals surface area contributed by atoms with Crippen LogP contribution in [0.15, 0.2) is 36.4 Å². The number of esters is 1. The molecule has 2 aromatic carbocycles. The monoisotopic (exact) mass is 532 g/mol. The van der Waals surface area contributed by atoms with E-state index in [0.717, 1.165) is 12.1 Å². The van der Waals surface area contributed by atoms with Crippen LogP contribution in [0.25, 0.3) is 0 Å². The molecule has 6 N–H and O–H groups in total. The summed E-state index contributed by atoms with van der Waals surface area (Å²) in [4.78, 5) is 55.9. The molecule has 0 aromatic heterocycles. The number of hydrogen-bond acceptors (Lipinski definition) is 11. The van der Waals surface area contributed by atoms with Crippen molar-refractivity contribution in [1.29, 1.82) is 0 Å². The van der Waals surface area contributed by atoms with Gasteiger partial charge in [-0.1, -0.05) is 0 Å². The summed E-state index contributed by atoms with van der Waals surface area (Å²) in [5, 5.41) is 28.6. The lowest BCUT2D eigenvalue weighted by atomic mass is 10.1. The third-order valence-corrected chi connectivity index (χ3v) is 5.26. The van der Waals surface area contributed by atoms with E-state index in [-0.39, 0.29) is 60.2 Å². The van der Waals surface area contributed by atoms with Gasteiger partial charge in [0.1, 0.15) is 18.0 Å². The highest BCUT2D eigenvalue weighted by molar-refractivity contribution is 5.95. The van der Waals surface area contributed by atoms with Crippen LogP contribution in [0.4, 0.5) is 22.7 Å². The van der Waals surface area contributed by atoms with Crippen LogP contribution in [-0.2, 0) is 14.3 Å². The molecule has 0 unspecified atom stereocenters. The van der Waals surface area contributed by atoms with Crippen LogP contribution in [0, 0.1) is 20.2 Å². The first kappa shape index (κ1) is 29.4. The number of amides is 2. The molecule has 15 heteroatoms. The molecule has 0 heterocycles. The Morgan fingerprint density at radius 1 is 0.868 bits per heavy atom. The van der Waals surface area contributed by atoms with Crippen LogP contribution in [0.3, 0.4) is 0 Å². The van der Waals surface area contributed by atoms with Gasteiger partial charge in [0.05, 0.1) is 22.6 Å². The lowest BCUT2D eigenvalue weighted by Gasteiger charge is -2.19. The molecule has 0 bridgehead atoms. The molecule has 0 aliphatic heterocycles. The fraction of sp³-hybridized carbons (Fsp3) is 0.348. The largest absolute Gasteiger partial charge is 0.464 e. The van der Waals surface area contributed by atoms with Gasteiger partial charge < -0.3 is 31.6 Å². The molecule has 0 spiro atoms. The molecule has 2 aromatic rings. The van der Waals surface area contributed by atoms with Crippen LogP contribution in [0.2, 0.25) is 0 Å². The second kappa shape index (κ2) is 14.1. The van der Waals surface area contributed by atoms with E-state index in [1.54, 1.807) is 6.92 Å². The predicted molar refractivity (Wildman–Crippen MR) is 136 cm³/mol. The summed E-state index contributed by atoms with van der Waals surface area (Å²) in [5.74, 6) is -2.18. The highest BCUT2D eigenvalue weighted by atomic mass is 16.6. The van der Waals surface area contributed by atoms with Gasteiger partial charge in [-0.25, -0.2) is 4.79 Å². The summed E-state index contributed by atoms with van der Waals surface area (Å²) in [6.45, 7) is 1.87. The minimum absolute atomic E-state index is 0.0121. The quantitative estimate of drug-likeness (QED) is 0.138. The number of nitrogens with zero attached hydrogens (tertiary/aromatic N) is 2. The minimum atomic E-state index is -0.802. The molecule has 15 nitrogen and oxygen atoms in total. The van der Waals surface area contributed by atoms with E-state index in [4.69, 9.17) is 20.9 Å². The second-order valence-electron chi connectivity index (χ2n) is 7.88. The number of ether oxygens (including phenoxy) is 2. The van der Waals surface area contributed by atoms with Gasteiger partial charge in [0.15, 0.2) is 0 Å². The van der Waals surface area contributed by atoms with E-state index in [9.17, 15) is 34.6 Å². The zero-order valence-corrected chi connectivity index (χ0v) is 20.5. The molecule has 2 rings (SSSR count). The zero-order valence-electron chi connectivity index (χ0n) is 20.5. The lowest BCUT2D eigenvalue weighted by Crippen LogP contribution is -2.25. The van der Waals surface area contributed by atoms with Crippen molar-refractivity contribution in [3.8, 4) is 0 Å². The molecule has 0 atom stereocenters.